The molecule has 0 saturated carbocycles. The van der Waals surface area contributed by atoms with Crippen molar-refractivity contribution >= 4 is 12.0 Å². The molecule has 2 heterocycles. The zero-order valence-electron chi connectivity index (χ0n) is 12.0. The van der Waals surface area contributed by atoms with Crippen molar-refractivity contribution in [2.45, 2.75) is 26.2 Å². The summed E-state index contributed by atoms with van der Waals surface area (Å²) < 4.78 is 5.30. The minimum atomic E-state index is -0.808. The fourth-order valence-corrected chi connectivity index (χ4v) is 3.00. The van der Waals surface area contributed by atoms with Gasteiger partial charge in [-0.2, -0.15) is 0 Å². The monoisotopic (exact) mass is 284 g/mol. The maximum atomic E-state index is 12.1. The van der Waals surface area contributed by atoms with Crippen LogP contribution < -0.4 is 5.32 Å². The van der Waals surface area contributed by atoms with Crippen LogP contribution in [0.3, 0.4) is 0 Å². The van der Waals surface area contributed by atoms with E-state index in [2.05, 4.69) is 5.32 Å². The predicted octanol–water partition coefficient (Wildman–Crippen LogP) is 1.17. The van der Waals surface area contributed by atoms with E-state index in [1.54, 1.807) is 4.90 Å². The molecular formula is C14H24N2O4. The predicted molar refractivity (Wildman–Crippen MR) is 73.4 cm³/mol. The molecule has 2 aliphatic heterocycles. The summed E-state index contributed by atoms with van der Waals surface area (Å²) in [6, 6.07) is -0.137. The number of rotatable bonds is 4. The van der Waals surface area contributed by atoms with E-state index in [0.717, 1.165) is 26.1 Å². The molecule has 0 aliphatic carbocycles. The smallest absolute Gasteiger partial charge is 0.317 e. The molecule has 6 nitrogen and oxygen atoms in total. The van der Waals surface area contributed by atoms with Crippen molar-refractivity contribution in [2.75, 3.05) is 32.8 Å². The van der Waals surface area contributed by atoms with Gasteiger partial charge in [0.2, 0.25) is 0 Å². The molecule has 2 saturated heterocycles. The molecule has 2 fully saturated rings. The van der Waals surface area contributed by atoms with Gasteiger partial charge in [0.05, 0.1) is 5.92 Å². The molecular weight excluding hydrogens is 260 g/mol. The molecule has 0 aromatic carbocycles. The van der Waals surface area contributed by atoms with E-state index in [9.17, 15) is 9.59 Å². The number of aliphatic carboxylic acids is 1. The Morgan fingerprint density at radius 2 is 2.20 bits per heavy atom. The Bertz CT molecular complexity index is 355. The second kappa shape index (κ2) is 6.92. The zero-order valence-corrected chi connectivity index (χ0v) is 12.0. The topological polar surface area (TPSA) is 78.9 Å². The van der Waals surface area contributed by atoms with E-state index >= 15 is 0 Å². The summed E-state index contributed by atoms with van der Waals surface area (Å²) in [5, 5.41) is 12.0. The Morgan fingerprint density at radius 3 is 2.85 bits per heavy atom. The van der Waals surface area contributed by atoms with Gasteiger partial charge in [0.1, 0.15) is 0 Å². The van der Waals surface area contributed by atoms with Crippen LogP contribution in [-0.4, -0.2) is 54.9 Å². The first-order chi connectivity index (χ1) is 9.56. The Hall–Kier alpha value is -1.30. The van der Waals surface area contributed by atoms with Gasteiger partial charge in [0, 0.05) is 32.8 Å². The van der Waals surface area contributed by atoms with E-state index in [-0.39, 0.29) is 11.9 Å². The Labute approximate surface area is 119 Å². The van der Waals surface area contributed by atoms with Crippen LogP contribution >= 0.6 is 0 Å². The fourth-order valence-electron chi connectivity index (χ4n) is 3.00. The number of nitrogens with zero attached hydrogens (tertiary/aromatic N) is 1. The van der Waals surface area contributed by atoms with Gasteiger partial charge in [-0.15, -0.1) is 0 Å². The Balaban J connectivity index is 1.74. The van der Waals surface area contributed by atoms with Gasteiger partial charge >= 0.3 is 12.0 Å². The average molecular weight is 284 g/mol. The van der Waals surface area contributed by atoms with Gasteiger partial charge in [0.15, 0.2) is 0 Å². The highest BCUT2D eigenvalue weighted by atomic mass is 16.5. The number of carboxylic acid groups (broad SMARTS) is 1. The third-order valence-electron chi connectivity index (χ3n) is 4.15. The SMILES string of the molecule is CC1CC(C(=O)O)CN(C(=O)NCCC2CCOC2)C1. The lowest BCUT2D eigenvalue weighted by Gasteiger charge is -2.34. The maximum absolute atomic E-state index is 12.1. The number of hydrogen-bond donors (Lipinski definition) is 2. The van der Waals surface area contributed by atoms with Gasteiger partial charge in [-0.05, 0) is 31.1 Å². The minimum absolute atomic E-state index is 0.137. The lowest BCUT2D eigenvalue weighted by molar-refractivity contribution is -0.143. The molecule has 3 atom stereocenters. The third kappa shape index (κ3) is 4.10. The molecule has 20 heavy (non-hydrogen) atoms. The van der Waals surface area contributed by atoms with Crippen LogP contribution in [0.15, 0.2) is 0 Å². The van der Waals surface area contributed by atoms with E-state index in [1.165, 1.54) is 0 Å². The molecule has 3 unspecified atom stereocenters. The van der Waals surface area contributed by atoms with Crippen molar-refractivity contribution in [3.63, 3.8) is 0 Å². The molecule has 6 heteroatoms. The molecule has 0 spiro atoms. The van der Waals surface area contributed by atoms with Crippen molar-refractivity contribution < 1.29 is 19.4 Å². The van der Waals surface area contributed by atoms with Crippen LogP contribution in [0.4, 0.5) is 4.79 Å². The first kappa shape index (κ1) is 15.1. The van der Waals surface area contributed by atoms with Crippen LogP contribution in [0.2, 0.25) is 0 Å². The van der Waals surface area contributed by atoms with Gasteiger partial charge in [-0.1, -0.05) is 6.92 Å². The van der Waals surface area contributed by atoms with Gasteiger partial charge in [-0.25, -0.2) is 4.79 Å². The van der Waals surface area contributed by atoms with Crippen molar-refractivity contribution in [2.24, 2.45) is 17.8 Å². The van der Waals surface area contributed by atoms with Gasteiger partial charge in [-0.3, -0.25) is 4.79 Å². The molecule has 114 valence electrons. The normalized spacial score (nSPS) is 30.2. The van der Waals surface area contributed by atoms with Gasteiger partial charge in [0.25, 0.3) is 0 Å². The highest BCUT2D eigenvalue weighted by molar-refractivity contribution is 5.76. The van der Waals surface area contributed by atoms with E-state index in [0.29, 0.717) is 32.0 Å². The number of piperidine rings is 1. The third-order valence-corrected chi connectivity index (χ3v) is 4.15. The standard InChI is InChI=1S/C14H24N2O4/c1-10-6-12(13(17)18)8-16(7-10)14(19)15-4-2-11-3-5-20-9-11/h10-12H,2-9H2,1H3,(H,15,19)(H,17,18). The first-order valence-corrected chi connectivity index (χ1v) is 7.39. The molecule has 2 rings (SSSR count). The van der Waals surface area contributed by atoms with Crippen molar-refractivity contribution in [1.29, 1.82) is 0 Å². The highest BCUT2D eigenvalue weighted by Crippen LogP contribution is 2.22. The summed E-state index contributed by atoms with van der Waals surface area (Å²) in [5.41, 5.74) is 0. The lowest BCUT2D eigenvalue weighted by Crippen LogP contribution is -2.49. The van der Waals surface area contributed by atoms with E-state index in [4.69, 9.17) is 9.84 Å². The number of hydrogen-bond acceptors (Lipinski definition) is 3. The van der Waals surface area contributed by atoms with E-state index < -0.39 is 11.9 Å². The lowest BCUT2D eigenvalue weighted by atomic mass is 9.91. The number of ether oxygens (including phenoxy) is 1. The van der Waals surface area contributed by atoms with Crippen molar-refractivity contribution in [3.8, 4) is 0 Å². The maximum Gasteiger partial charge on any atom is 0.317 e. The number of carbonyl (C=O) groups is 2. The Kier molecular flexibility index (Phi) is 5.23. The number of carbonyl (C=O) groups excluding carboxylic acids is 1. The summed E-state index contributed by atoms with van der Waals surface area (Å²) in [5.74, 6) is -0.466. The summed E-state index contributed by atoms with van der Waals surface area (Å²) in [6.07, 6.45) is 2.65. The second-order valence-corrected chi connectivity index (χ2v) is 6.03. The van der Waals surface area contributed by atoms with Crippen molar-refractivity contribution in [1.82, 2.24) is 10.2 Å². The van der Waals surface area contributed by atoms with Crippen LogP contribution in [0, 0.1) is 17.8 Å². The first-order valence-electron chi connectivity index (χ1n) is 7.39. The zero-order chi connectivity index (χ0) is 14.5. The van der Waals surface area contributed by atoms with Crippen LogP contribution in [0.5, 0.6) is 0 Å². The number of amides is 2. The number of carboxylic acids is 1. The molecule has 0 aromatic heterocycles. The average Bonchev–Trinajstić information content (AvgIpc) is 2.91. The Morgan fingerprint density at radius 1 is 1.40 bits per heavy atom. The quantitative estimate of drug-likeness (QED) is 0.812. The highest BCUT2D eigenvalue weighted by Gasteiger charge is 2.31. The fraction of sp³-hybridized carbons (Fsp3) is 0.857. The van der Waals surface area contributed by atoms with Crippen LogP contribution in [-0.2, 0) is 9.53 Å². The second-order valence-electron chi connectivity index (χ2n) is 6.03. The van der Waals surface area contributed by atoms with Crippen molar-refractivity contribution in [3.05, 3.63) is 0 Å². The molecule has 0 radical (unpaired) electrons. The number of urea groups is 1. The molecule has 0 bridgehead atoms. The molecule has 2 amide bonds. The number of nitrogens with one attached hydrogen (secondary N) is 1. The molecule has 2 aliphatic rings. The largest absolute Gasteiger partial charge is 0.481 e. The summed E-state index contributed by atoms with van der Waals surface area (Å²) in [7, 11) is 0. The summed E-state index contributed by atoms with van der Waals surface area (Å²) >= 11 is 0. The van der Waals surface area contributed by atoms with Crippen LogP contribution in [0.1, 0.15) is 26.2 Å². The summed E-state index contributed by atoms with van der Waals surface area (Å²) in [6.45, 7) is 5.20. The number of likely N-dealkylation sites (tertiary alicyclic amines) is 1. The van der Waals surface area contributed by atoms with E-state index in [1.807, 2.05) is 6.92 Å². The summed E-state index contributed by atoms with van der Waals surface area (Å²) in [4.78, 5) is 24.8. The van der Waals surface area contributed by atoms with Crippen LogP contribution in [0.25, 0.3) is 0 Å². The minimum Gasteiger partial charge on any atom is -0.481 e. The molecule has 0 aromatic rings. The van der Waals surface area contributed by atoms with Gasteiger partial charge < -0.3 is 20.1 Å². The molecule has 2 N–H and O–H groups in total.